The minimum atomic E-state index is 0.238. The first-order chi connectivity index (χ1) is 16.2. The first-order valence-electron chi connectivity index (χ1n) is 10.3. The van der Waals surface area contributed by atoms with E-state index in [9.17, 15) is 5.11 Å². The van der Waals surface area contributed by atoms with Crippen molar-refractivity contribution in [2.75, 3.05) is 5.32 Å². The second kappa shape index (κ2) is 9.58. The lowest BCUT2D eigenvalue weighted by Crippen LogP contribution is -2.00. The summed E-state index contributed by atoms with van der Waals surface area (Å²) in [4.78, 5) is 15.0. The highest BCUT2D eigenvalue weighted by Crippen LogP contribution is 2.38. The van der Waals surface area contributed by atoms with E-state index in [1.165, 1.54) is 6.33 Å². The van der Waals surface area contributed by atoms with Crippen molar-refractivity contribution >= 4 is 34.3 Å². The van der Waals surface area contributed by atoms with Crippen molar-refractivity contribution < 1.29 is 9.84 Å². The van der Waals surface area contributed by atoms with E-state index in [0.717, 1.165) is 32.2 Å². The number of hydrogen-bond donors (Lipinski definition) is 2. The standard InChI is InChI=1S/C26H20N4O2S/c31-19-8-11-21(12-9-19)33-24-13-10-20(32-16-18-5-2-1-3-6-18)15-23(24)30-26-22-7-4-14-27-25(22)28-17-29-26/h1-15,17,31H,16H2,(H,27,28,29,30). The summed E-state index contributed by atoms with van der Waals surface area (Å²) in [6, 6.07) is 26.9. The Kier molecular flexibility index (Phi) is 6.04. The summed E-state index contributed by atoms with van der Waals surface area (Å²) in [5, 5.41) is 13.9. The molecule has 5 rings (SSSR count). The van der Waals surface area contributed by atoms with E-state index in [0.29, 0.717) is 18.1 Å². The van der Waals surface area contributed by atoms with Crippen LogP contribution in [0.1, 0.15) is 5.56 Å². The molecule has 0 aliphatic heterocycles. The number of aromatic nitrogens is 3. The molecule has 7 heteroatoms. The van der Waals surface area contributed by atoms with Crippen LogP contribution in [-0.4, -0.2) is 20.1 Å². The number of ether oxygens (including phenoxy) is 1. The minimum Gasteiger partial charge on any atom is -0.508 e. The largest absolute Gasteiger partial charge is 0.508 e. The number of anilines is 2. The highest BCUT2D eigenvalue weighted by molar-refractivity contribution is 7.99. The third-order valence-corrected chi connectivity index (χ3v) is 6.01. The van der Waals surface area contributed by atoms with Crippen LogP contribution in [0.2, 0.25) is 0 Å². The number of benzene rings is 3. The summed E-state index contributed by atoms with van der Waals surface area (Å²) in [7, 11) is 0. The van der Waals surface area contributed by atoms with Gasteiger partial charge in [0.2, 0.25) is 0 Å². The molecule has 0 aliphatic carbocycles. The maximum atomic E-state index is 9.60. The minimum absolute atomic E-state index is 0.238. The van der Waals surface area contributed by atoms with Crippen molar-refractivity contribution in [1.29, 1.82) is 0 Å². The van der Waals surface area contributed by atoms with Crippen molar-refractivity contribution in [2.45, 2.75) is 16.4 Å². The van der Waals surface area contributed by atoms with Gasteiger partial charge < -0.3 is 15.2 Å². The molecule has 0 bridgehead atoms. The van der Waals surface area contributed by atoms with Gasteiger partial charge in [-0.15, -0.1) is 0 Å². The average Bonchev–Trinajstić information content (AvgIpc) is 2.86. The van der Waals surface area contributed by atoms with Gasteiger partial charge in [-0.3, -0.25) is 0 Å². The van der Waals surface area contributed by atoms with Gasteiger partial charge >= 0.3 is 0 Å². The molecule has 0 spiro atoms. The molecule has 0 aliphatic rings. The van der Waals surface area contributed by atoms with Gasteiger partial charge in [0.05, 0.1) is 11.1 Å². The molecule has 6 nitrogen and oxygen atoms in total. The number of phenolic OH excluding ortho intramolecular Hbond substituents is 1. The van der Waals surface area contributed by atoms with Crippen LogP contribution in [0.5, 0.6) is 11.5 Å². The van der Waals surface area contributed by atoms with Crippen LogP contribution in [0, 0.1) is 0 Å². The van der Waals surface area contributed by atoms with Crippen LogP contribution < -0.4 is 10.1 Å². The molecule has 2 aromatic heterocycles. The van der Waals surface area contributed by atoms with Crippen LogP contribution in [0.15, 0.2) is 107 Å². The molecule has 0 fully saturated rings. The van der Waals surface area contributed by atoms with E-state index in [4.69, 9.17) is 4.74 Å². The zero-order valence-corrected chi connectivity index (χ0v) is 18.4. The predicted molar refractivity (Wildman–Crippen MR) is 130 cm³/mol. The van der Waals surface area contributed by atoms with Crippen molar-refractivity contribution in [3.8, 4) is 11.5 Å². The summed E-state index contributed by atoms with van der Waals surface area (Å²) in [6.07, 6.45) is 3.21. The number of phenols is 1. The molecule has 162 valence electrons. The van der Waals surface area contributed by atoms with Gasteiger partial charge in [-0.05, 0) is 54.1 Å². The first kappa shape index (κ1) is 20.8. The van der Waals surface area contributed by atoms with Gasteiger partial charge in [0, 0.05) is 22.1 Å². The lowest BCUT2D eigenvalue weighted by Gasteiger charge is -2.15. The predicted octanol–water partition coefficient (Wildman–Crippen LogP) is 6.20. The molecule has 0 unspecified atom stereocenters. The Morgan fingerprint density at radius 1 is 0.848 bits per heavy atom. The molecule has 0 atom stereocenters. The maximum Gasteiger partial charge on any atom is 0.164 e. The molecule has 0 saturated heterocycles. The number of nitrogens with zero attached hydrogens (tertiary/aromatic N) is 3. The van der Waals surface area contributed by atoms with Crippen LogP contribution in [0.4, 0.5) is 11.5 Å². The number of rotatable bonds is 7. The fourth-order valence-corrected chi connectivity index (χ4v) is 4.17. The summed E-state index contributed by atoms with van der Waals surface area (Å²) in [6.45, 7) is 0.477. The number of hydrogen-bond acceptors (Lipinski definition) is 7. The second-order valence-corrected chi connectivity index (χ2v) is 8.37. The molecular formula is C26H20N4O2S. The fraction of sp³-hybridized carbons (Fsp3) is 0.0385. The lowest BCUT2D eigenvalue weighted by molar-refractivity contribution is 0.306. The van der Waals surface area contributed by atoms with E-state index < -0.39 is 0 Å². The van der Waals surface area contributed by atoms with Gasteiger partial charge in [0.25, 0.3) is 0 Å². The van der Waals surface area contributed by atoms with Gasteiger partial charge in [-0.2, -0.15) is 0 Å². The third kappa shape index (κ3) is 5.05. The Morgan fingerprint density at radius 3 is 2.55 bits per heavy atom. The summed E-state index contributed by atoms with van der Waals surface area (Å²) in [5.74, 6) is 1.65. The van der Waals surface area contributed by atoms with E-state index >= 15 is 0 Å². The maximum absolute atomic E-state index is 9.60. The first-order valence-corrected chi connectivity index (χ1v) is 11.2. The summed E-state index contributed by atoms with van der Waals surface area (Å²) < 4.78 is 6.05. The summed E-state index contributed by atoms with van der Waals surface area (Å²) in [5.41, 5.74) is 2.57. The Balaban J connectivity index is 1.47. The quantitative estimate of drug-likeness (QED) is 0.304. The molecular weight excluding hydrogens is 432 g/mol. The third-order valence-electron chi connectivity index (χ3n) is 4.93. The monoisotopic (exact) mass is 452 g/mol. The molecule has 3 aromatic carbocycles. The van der Waals surface area contributed by atoms with Crippen LogP contribution in [0.25, 0.3) is 11.0 Å². The zero-order valence-electron chi connectivity index (χ0n) is 17.6. The van der Waals surface area contributed by atoms with E-state index in [2.05, 4.69) is 20.3 Å². The van der Waals surface area contributed by atoms with Gasteiger partial charge in [-0.1, -0.05) is 42.1 Å². The van der Waals surface area contributed by atoms with Gasteiger partial charge in [-0.25, -0.2) is 15.0 Å². The molecule has 5 aromatic rings. The zero-order chi connectivity index (χ0) is 22.5. The van der Waals surface area contributed by atoms with Crippen molar-refractivity contribution in [1.82, 2.24) is 15.0 Å². The number of pyridine rings is 1. The SMILES string of the molecule is Oc1ccc(Sc2ccc(OCc3ccccc3)cc2Nc2ncnc3ncccc23)cc1. The highest BCUT2D eigenvalue weighted by Gasteiger charge is 2.11. The lowest BCUT2D eigenvalue weighted by atomic mass is 10.2. The molecule has 2 N–H and O–H groups in total. The second-order valence-electron chi connectivity index (χ2n) is 7.25. The molecule has 33 heavy (non-hydrogen) atoms. The molecule has 0 radical (unpaired) electrons. The van der Waals surface area contributed by atoms with E-state index in [1.807, 2.05) is 72.8 Å². The van der Waals surface area contributed by atoms with Crippen molar-refractivity contribution in [3.05, 3.63) is 103 Å². The Labute approximate surface area is 195 Å². The van der Waals surface area contributed by atoms with Gasteiger partial charge in [0.1, 0.15) is 30.3 Å². The fourth-order valence-electron chi connectivity index (χ4n) is 3.29. The van der Waals surface area contributed by atoms with Gasteiger partial charge in [0.15, 0.2) is 5.65 Å². The van der Waals surface area contributed by atoms with Crippen LogP contribution >= 0.6 is 11.8 Å². The topological polar surface area (TPSA) is 80.2 Å². The smallest absolute Gasteiger partial charge is 0.164 e. The Morgan fingerprint density at radius 2 is 1.70 bits per heavy atom. The Hall–Kier alpha value is -4.10. The van der Waals surface area contributed by atoms with E-state index in [1.54, 1.807) is 30.1 Å². The molecule has 0 saturated carbocycles. The van der Waals surface area contributed by atoms with Crippen LogP contribution in [-0.2, 0) is 6.61 Å². The highest BCUT2D eigenvalue weighted by atomic mass is 32.2. The van der Waals surface area contributed by atoms with Crippen LogP contribution in [0.3, 0.4) is 0 Å². The number of fused-ring (bicyclic) bond motifs is 1. The van der Waals surface area contributed by atoms with Crippen molar-refractivity contribution in [3.63, 3.8) is 0 Å². The summed E-state index contributed by atoms with van der Waals surface area (Å²) >= 11 is 1.58. The number of aromatic hydroxyl groups is 1. The number of nitrogens with one attached hydrogen (secondary N) is 1. The van der Waals surface area contributed by atoms with E-state index in [-0.39, 0.29) is 5.75 Å². The molecule has 2 heterocycles. The average molecular weight is 453 g/mol. The van der Waals surface area contributed by atoms with Crippen molar-refractivity contribution in [2.24, 2.45) is 0 Å². The normalized spacial score (nSPS) is 10.8. The molecule has 0 amide bonds. The Bertz CT molecular complexity index is 1370.